The average Bonchev–Trinajstić information content (AvgIpc) is 2.38. The van der Waals surface area contributed by atoms with Gasteiger partial charge < -0.3 is 14.9 Å². The molecule has 1 aliphatic heterocycles. The van der Waals surface area contributed by atoms with Crippen LogP contribution >= 0.6 is 0 Å². The summed E-state index contributed by atoms with van der Waals surface area (Å²) in [6.45, 7) is 3.51. The number of Topliss-reactive ketones (excluding diaryl/α,β-unsaturated/α-hetero) is 1. The molecule has 0 unspecified atom stereocenters. The molecule has 0 aromatic heterocycles. The number of carbonyl (C=O) groups is 2. The van der Waals surface area contributed by atoms with E-state index in [-0.39, 0.29) is 30.1 Å². The summed E-state index contributed by atoms with van der Waals surface area (Å²) in [5.74, 6) is -1.95. The van der Waals surface area contributed by atoms with Crippen LogP contribution in [0.3, 0.4) is 0 Å². The molecule has 1 aromatic rings. The van der Waals surface area contributed by atoms with E-state index in [9.17, 15) is 14.7 Å². The molecule has 0 amide bonds. The Morgan fingerprint density at radius 2 is 2.11 bits per heavy atom. The van der Waals surface area contributed by atoms with E-state index >= 15 is 0 Å². The molecule has 5 heteroatoms. The first-order chi connectivity index (χ1) is 8.97. The molecule has 0 saturated carbocycles. The number of phenolic OH excluding ortho intramolecular Hbond substituents is 1. The number of fused-ring (bicyclic) bond motifs is 1. The lowest BCUT2D eigenvalue weighted by Crippen LogP contribution is -2.31. The van der Waals surface area contributed by atoms with E-state index in [1.54, 1.807) is 19.9 Å². The van der Waals surface area contributed by atoms with E-state index in [1.165, 1.54) is 6.07 Å². The molecule has 0 fully saturated rings. The van der Waals surface area contributed by atoms with Gasteiger partial charge in [-0.1, -0.05) is 13.8 Å². The molecule has 1 aromatic carbocycles. The van der Waals surface area contributed by atoms with E-state index in [0.29, 0.717) is 11.3 Å². The molecule has 2 rings (SSSR count). The Morgan fingerprint density at radius 3 is 2.68 bits per heavy atom. The Bertz CT molecular complexity index is 535. The van der Waals surface area contributed by atoms with E-state index in [2.05, 4.69) is 0 Å². The Balaban J connectivity index is 2.52. The van der Waals surface area contributed by atoms with Crippen LogP contribution in [0.5, 0.6) is 11.5 Å². The Morgan fingerprint density at radius 1 is 1.42 bits per heavy atom. The van der Waals surface area contributed by atoms with Crippen LogP contribution in [0.15, 0.2) is 12.1 Å². The van der Waals surface area contributed by atoms with Gasteiger partial charge in [0.2, 0.25) is 0 Å². The lowest BCUT2D eigenvalue weighted by molar-refractivity contribution is -0.144. The van der Waals surface area contributed by atoms with Crippen molar-refractivity contribution >= 4 is 11.8 Å². The van der Waals surface area contributed by atoms with Crippen LogP contribution in [0.2, 0.25) is 0 Å². The second kappa shape index (κ2) is 4.91. The number of carbonyl (C=O) groups excluding carboxylic acids is 1. The first kappa shape index (κ1) is 13.4. The number of ketones is 1. The summed E-state index contributed by atoms with van der Waals surface area (Å²) < 4.78 is 5.36. The normalized spacial score (nSPS) is 21.4. The number of hydrogen-bond acceptors (Lipinski definition) is 4. The Hall–Kier alpha value is -2.04. The van der Waals surface area contributed by atoms with Crippen molar-refractivity contribution in [2.45, 2.75) is 26.2 Å². The third kappa shape index (κ3) is 2.16. The van der Waals surface area contributed by atoms with Gasteiger partial charge in [0.1, 0.15) is 18.1 Å². The summed E-state index contributed by atoms with van der Waals surface area (Å²) >= 11 is 0. The largest absolute Gasteiger partial charge is 0.507 e. The zero-order chi connectivity index (χ0) is 14.2. The lowest BCUT2D eigenvalue weighted by atomic mass is 9.83. The van der Waals surface area contributed by atoms with Crippen LogP contribution in [0.25, 0.3) is 0 Å². The fraction of sp³-hybridized carbons (Fsp3) is 0.429. The summed E-state index contributed by atoms with van der Waals surface area (Å²) in [4.78, 5) is 22.9. The van der Waals surface area contributed by atoms with Crippen LogP contribution < -0.4 is 4.74 Å². The number of aromatic hydroxyl groups is 1. The molecule has 5 nitrogen and oxygen atoms in total. The van der Waals surface area contributed by atoms with Gasteiger partial charge in [-0.3, -0.25) is 9.59 Å². The molecule has 19 heavy (non-hydrogen) atoms. The van der Waals surface area contributed by atoms with Crippen molar-refractivity contribution in [1.29, 1.82) is 0 Å². The van der Waals surface area contributed by atoms with Crippen molar-refractivity contribution in [3.63, 3.8) is 0 Å². The van der Waals surface area contributed by atoms with Gasteiger partial charge in [0.15, 0.2) is 5.78 Å². The van der Waals surface area contributed by atoms with E-state index in [0.717, 1.165) is 0 Å². The Kier molecular flexibility index (Phi) is 3.46. The molecule has 0 saturated heterocycles. The van der Waals surface area contributed by atoms with Crippen molar-refractivity contribution in [3.05, 3.63) is 23.3 Å². The van der Waals surface area contributed by atoms with Crippen molar-refractivity contribution in [2.75, 3.05) is 6.61 Å². The minimum absolute atomic E-state index is 0.0734. The monoisotopic (exact) mass is 264 g/mol. The quantitative estimate of drug-likeness (QED) is 0.817. The second-order valence-electron chi connectivity index (χ2n) is 4.69. The molecule has 0 aliphatic carbocycles. The first-order valence-electron chi connectivity index (χ1n) is 6.22. The number of hydrogen-bond donors (Lipinski definition) is 2. The molecule has 1 heterocycles. The van der Waals surface area contributed by atoms with Gasteiger partial charge in [-0.2, -0.15) is 0 Å². The number of carboxylic acid groups (broad SMARTS) is 1. The fourth-order valence-corrected chi connectivity index (χ4v) is 2.38. The van der Waals surface area contributed by atoms with Gasteiger partial charge in [0, 0.05) is 17.9 Å². The Labute approximate surface area is 110 Å². The maximum atomic E-state index is 11.7. The van der Waals surface area contributed by atoms with E-state index < -0.39 is 17.8 Å². The predicted octanol–water partition coefficient (Wildman–Crippen LogP) is 2.18. The van der Waals surface area contributed by atoms with Gasteiger partial charge in [-0.05, 0) is 12.1 Å². The van der Waals surface area contributed by atoms with Gasteiger partial charge >= 0.3 is 5.97 Å². The molecule has 2 N–H and O–H groups in total. The number of rotatable bonds is 3. The summed E-state index contributed by atoms with van der Waals surface area (Å²) in [6.07, 6.45) is 0.282. The highest BCUT2D eigenvalue weighted by Gasteiger charge is 2.35. The highest BCUT2D eigenvalue weighted by Crippen LogP contribution is 2.44. The zero-order valence-corrected chi connectivity index (χ0v) is 10.8. The van der Waals surface area contributed by atoms with Crippen molar-refractivity contribution < 1.29 is 24.5 Å². The van der Waals surface area contributed by atoms with Gasteiger partial charge in [0.25, 0.3) is 0 Å². The topological polar surface area (TPSA) is 83.8 Å². The molecule has 0 bridgehead atoms. The highest BCUT2D eigenvalue weighted by atomic mass is 16.5. The maximum Gasteiger partial charge on any atom is 0.310 e. The lowest BCUT2D eigenvalue weighted by Gasteiger charge is -2.29. The van der Waals surface area contributed by atoms with Crippen LogP contribution in [0, 0.1) is 5.92 Å². The van der Waals surface area contributed by atoms with E-state index in [4.69, 9.17) is 9.84 Å². The molecular weight excluding hydrogens is 248 g/mol. The molecule has 1 aliphatic rings. The molecule has 102 valence electrons. The second-order valence-corrected chi connectivity index (χ2v) is 4.69. The van der Waals surface area contributed by atoms with Crippen LogP contribution in [-0.4, -0.2) is 28.6 Å². The molecule has 0 radical (unpaired) electrons. The van der Waals surface area contributed by atoms with Crippen molar-refractivity contribution in [1.82, 2.24) is 0 Å². The molecular formula is C14H16O5. The van der Waals surface area contributed by atoms with Gasteiger partial charge in [-0.15, -0.1) is 0 Å². The fourth-order valence-electron chi connectivity index (χ4n) is 2.38. The van der Waals surface area contributed by atoms with Gasteiger partial charge in [-0.25, -0.2) is 0 Å². The van der Waals surface area contributed by atoms with Crippen LogP contribution in [0.1, 0.15) is 42.1 Å². The van der Waals surface area contributed by atoms with E-state index in [1.807, 2.05) is 0 Å². The smallest absolute Gasteiger partial charge is 0.310 e. The standard InChI is InChI=1S/C14H16O5/c1-3-10(15)8-4-5-11-12(13(8)16)7(2)9(6-19-11)14(17)18/h4-5,7,9,16H,3,6H2,1-2H3,(H,17,18)/t7-,9+/m0/s1. The zero-order valence-electron chi connectivity index (χ0n) is 10.8. The van der Waals surface area contributed by atoms with Gasteiger partial charge in [0.05, 0.1) is 11.5 Å². The molecule has 0 spiro atoms. The summed E-state index contributed by atoms with van der Waals surface area (Å²) in [5, 5.41) is 19.3. The minimum Gasteiger partial charge on any atom is -0.507 e. The number of ether oxygens (including phenoxy) is 1. The van der Waals surface area contributed by atoms with Crippen molar-refractivity contribution in [2.24, 2.45) is 5.92 Å². The third-order valence-electron chi connectivity index (χ3n) is 3.59. The summed E-state index contributed by atoms with van der Waals surface area (Å²) in [6, 6.07) is 3.14. The summed E-state index contributed by atoms with van der Waals surface area (Å²) in [7, 11) is 0. The van der Waals surface area contributed by atoms with Crippen LogP contribution in [-0.2, 0) is 4.79 Å². The first-order valence-corrected chi connectivity index (χ1v) is 6.22. The number of phenols is 1. The number of aliphatic carboxylic acids is 1. The highest BCUT2D eigenvalue weighted by molar-refractivity contribution is 5.99. The summed E-state index contributed by atoms with van der Waals surface area (Å²) in [5.41, 5.74) is 0.640. The average molecular weight is 264 g/mol. The maximum absolute atomic E-state index is 11.7. The van der Waals surface area contributed by atoms with Crippen molar-refractivity contribution in [3.8, 4) is 11.5 Å². The number of benzene rings is 1. The minimum atomic E-state index is -0.968. The SMILES string of the molecule is CCC(=O)c1ccc2c(c1O)[C@@H](C)[C@H](C(=O)O)CO2. The predicted molar refractivity (Wildman–Crippen MR) is 67.8 cm³/mol. The third-order valence-corrected chi connectivity index (χ3v) is 3.59. The number of carboxylic acids is 1. The molecule has 2 atom stereocenters. The van der Waals surface area contributed by atoms with Crippen LogP contribution in [0.4, 0.5) is 0 Å².